The lowest BCUT2D eigenvalue weighted by molar-refractivity contribution is 0.744. The number of nitrogens with two attached hydrogens (primary N) is 1. The summed E-state index contributed by atoms with van der Waals surface area (Å²) in [7, 11) is 0. The molecule has 0 rings (SSSR count). The minimum absolute atomic E-state index is 0.616. The van der Waals surface area contributed by atoms with Crippen molar-refractivity contribution in [1.82, 2.24) is 0 Å². The number of rotatable bonds is 2. The SMILES string of the molecule is C/C=C(\CN)C(C)C. The van der Waals surface area contributed by atoms with E-state index in [-0.39, 0.29) is 0 Å². The Morgan fingerprint density at radius 1 is 1.62 bits per heavy atom. The third-order valence-electron chi connectivity index (χ3n) is 1.35. The zero-order chi connectivity index (χ0) is 6.57. The molecule has 0 fully saturated rings. The van der Waals surface area contributed by atoms with Crippen LogP contribution in [0.3, 0.4) is 0 Å². The monoisotopic (exact) mass is 113 g/mol. The van der Waals surface area contributed by atoms with E-state index in [1.807, 2.05) is 6.92 Å². The Hall–Kier alpha value is -0.300. The van der Waals surface area contributed by atoms with Crippen molar-refractivity contribution in [1.29, 1.82) is 0 Å². The van der Waals surface area contributed by atoms with Crippen LogP contribution < -0.4 is 5.73 Å². The molecule has 0 unspecified atom stereocenters. The number of allylic oxidation sites excluding steroid dienone is 1. The molecule has 0 heterocycles. The van der Waals surface area contributed by atoms with Crippen LogP contribution in [-0.2, 0) is 0 Å². The lowest BCUT2D eigenvalue weighted by atomic mass is 10.0. The molecule has 0 bridgehead atoms. The molecule has 0 spiro atoms. The first-order chi connectivity index (χ1) is 3.72. The van der Waals surface area contributed by atoms with E-state index in [4.69, 9.17) is 5.73 Å². The van der Waals surface area contributed by atoms with E-state index in [1.165, 1.54) is 5.57 Å². The molecule has 1 heteroatoms. The van der Waals surface area contributed by atoms with Gasteiger partial charge in [-0.05, 0) is 12.8 Å². The molecular formula is C7H15N. The van der Waals surface area contributed by atoms with Gasteiger partial charge < -0.3 is 5.73 Å². The molecule has 2 N–H and O–H groups in total. The highest BCUT2D eigenvalue weighted by molar-refractivity contribution is 5.04. The first-order valence-corrected chi connectivity index (χ1v) is 3.07. The highest BCUT2D eigenvalue weighted by Crippen LogP contribution is 2.05. The van der Waals surface area contributed by atoms with Crippen LogP contribution in [0.25, 0.3) is 0 Å². The Labute approximate surface area is 51.6 Å². The molecule has 0 aliphatic rings. The highest BCUT2D eigenvalue weighted by atomic mass is 14.5. The van der Waals surface area contributed by atoms with Crippen molar-refractivity contribution in [2.24, 2.45) is 11.7 Å². The average Bonchev–Trinajstić information content (AvgIpc) is 1.69. The van der Waals surface area contributed by atoms with Gasteiger partial charge >= 0.3 is 0 Å². The minimum atomic E-state index is 0.616. The number of hydrogen-bond donors (Lipinski definition) is 1. The van der Waals surface area contributed by atoms with Crippen molar-refractivity contribution in [3.8, 4) is 0 Å². The van der Waals surface area contributed by atoms with Gasteiger partial charge in [0, 0.05) is 6.54 Å². The molecule has 8 heavy (non-hydrogen) atoms. The Balaban J connectivity index is 3.72. The zero-order valence-electron chi connectivity index (χ0n) is 5.94. The molecule has 48 valence electrons. The van der Waals surface area contributed by atoms with E-state index in [2.05, 4.69) is 19.9 Å². The van der Waals surface area contributed by atoms with Gasteiger partial charge in [0.05, 0.1) is 0 Å². The van der Waals surface area contributed by atoms with Gasteiger partial charge in [-0.1, -0.05) is 25.5 Å². The normalized spacial score (nSPS) is 12.9. The summed E-state index contributed by atoms with van der Waals surface area (Å²) in [5, 5.41) is 0. The molecule has 0 saturated carbocycles. The maximum absolute atomic E-state index is 5.42. The van der Waals surface area contributed by atoms with Crippen LogP contribution in [0.15, 0.2) is 11.6 Å². The van der Waals surface area contributed by atoms with E-state index >= 15 is 0 Å². The standard InChI is InChI=1S/C7H15N/c1-4-7(5-8)6(2)3/h4,6H,5,8H2,1-3H3/b7-4+. The van der Waals surface area contributed by atoms with Crippen LogP contribution in [0.4, 0.5) is 0 Å². The highest BCUT2D eigenvalue weighted by Gasteiger charge is 1.96. The predicted octanol–water partition coefficient (Wildman–Crippen LogP) is 1.55. The molecule has 0 atom stereocenters. The Morgan fingerprint density at radius 2 is 2.12 bits per heavy atom. The van der Waals surface area contributed by atoms with Crippen molar-refractivity contribution in [3.63, 3.8) is 0 Å². The average molecular weight is 113 g/mol. The predicted molar refractivity (Wildman–Crippen MR) is 37.6 cm³/mol. The lowest BCUT2D eigenvalue weighted by Gasteiger charge is -2.05. The van der Waals surface area contributed by atoms with Gasteiger partial charge in [0.2, 0.25) is 0 Å². The first kappa shape index (κ1) is 7.70. The summed E-state index contributed by atoms with van der Waals surface area (Å²) < 4.78 is 0. The van der Waals surface area contributed by atoms with Crippen molar-refractivity contribution >= 4 is 0 Å². The fourth-order valence-corrected chi connectivity index (χ4v) is 0.687. The Bertz CT molecular complexity index is 82.4. The summed E-state index contributed by atoms with van der Waals surface area (Å²) in [6.07, 6.45) is 2.09. The summed E-state index contributed by atoms with van der Waals surface area (Å²) in [6.45, 7) is 7.04. The maximum atomic E-state index is 5.42. The van der Waals surface area contributed by atoms with Crippen molar-refractivity contribution < 1.29 is 0 Å². The molecule has 0 aromatic rings. The fraction of sp³-hybridized carbons (Fsp3) is 0.714. The first-order valence-electron chi connectivity index (χ1n) is 3.07. The van der Waals surface area contributed by atoms with E-state index in [0.29, 0.717) is 12.5 Å². The largest absolute Gasteiger partial charge is 0.327 e. The molecule has 0 amide bonds. The molecule has 0 aliphatic carbocycles. The van der Waals surface area contributed by atoms with Crippen molar-refractivity contribution in [2.45, 2.75) is 20.8 Å². The second-order valence-corrected chi connectivity index (χ2v) is 2.22. The Kier molecular flexibility index (Phi) is 3.53. The van der Waals surface area contributed by atoms with E-state index in [0.717, 1.165) is 0 Å². The van der Waals surface area contributed by atoms with Gasteiger partial charge in [-0.3, -0.25) is 0 Å². The minimum Gasteiger partial charge on any atom is -0.327 e. The van der Waals surface area contributed by atoms with E-state index < -0.39 is 0 Å². The van der Waals surface area contributed by atoms with Gasteiger partial charge in [0.15, 0.2) is 0 Å². The molecular weight excluding hydrogens is 98.1 g/mol. The molecule has 0 saturated heterocycles. The Morgan fingerprint density at radius 3 is 2.12 bits per heavy atom. The third-order valence-corrected chi connectivity index (χ3v) is 1.35. The van der Waals surface area contributed by atoms with E-state index in [9.17, 15) is 0 Å². The summed E-state index contributed by atoms with van der Waals surface area (Å²) in [6, 6.07) is 0. The summed E-state index contributed by atoms with van der Waals surface area (Å²) in [5.41, 5.74) is 6.75. The van der Waals surface area contributed by atoms with Crippen molar-refractivity contribution in [2.75, 3.05) is 6.54 Å². The van der Waals surface area contributed by atoms with Crippen molar-refractivity contribution in [3.05, 3.63) is 11.6 Å². The molecule has 0 aliphatic heterocycles. The van der Waals surface area contributed by atoms with Crippen LogP contribution in [0.2, 0.25) is 0 Å². The summed E-state index contributed by atoms with van der Waals surface area (Å²) >= 11 is 0. The van der Waals surface area contributed by atoms with Gasteiger partial charge in [0.25, 0.3) is 0 Å². The summed E-state index contributed by atoms with van der Waals surface area (Å²) in [4.78, 5) is 0. The lowest BCUT2D eigenvalue weighted by Crippen LogP contribution is -2.07. The second kappa shape index (κ2) is 3.67. The summed E-state index contributed by atoms with van der Waals surface area (Å²) in [5.74, 6) is 0.616. The van der Waals surface area contributed by atoms with Gasteiger partial charge in [-0.15, -0.1) is 0 Å². The topological polar surface area (TPSA) is 26.0 Å². The maximum Gasteiger partial charge on any atom is 0.0139 e. The fourth-order valence-electron chi connectivity index (χ4n) is 0.687. The van der Waals surface area contributed by atoms with Crippen LogP contribution in [0.5, 0.6) is 0 Å². The quantitative estimate of drug-likeness (QED) is 0.540. The van der Waals surface area contributed by atoms with Crippen LogP contribution >= 0.6 is 0 Å². The molecule has 1 nitrogen and oxygen atoms in total. The van der Waals surface area contributed by atoms with Crippen LogP contribution in [0, 0.1) is 5.92 Å². The van der Waals surface area contributed by atoms with Crippen LogP contribution in [0.1, 0.15) is 20.8 Å². The number of hydrogen-bond acceptors (Lipinski definition) is 1. The second-order valence-electron chi connectivity index (χ2n) is 2.22. The third kappa shape index (κ3) is 2.12. The van der Waals surface area contributed by atoms with Gasteiger partial charge in [0.1, 0.15) is 0 Å². The van der Waals surface area contributed by atoms with E-state index in [1.54, 1.807) is 0 Å². The smallest absolute Gasteiger partial charge is 0.0139 e. The van der Waals surface area contributed by atoms with Crippen LogP contribution in [-0.4, -0.2) is 6.54 Å². The van der Waals surface area contributed by atoms with Gasteiger partial charge in [-0.2, -0.15) is 0 Å². The zero-order valence-corrected chi connectivity index (χ0v) is 5.94. The molecule has 0 radical (unpaired) electrons. The molecule has 0 aromatic heterocycles. The van der Waals surface area contributed by atoms with Gasteiger partial charge in [-0.25, -0.2) is 0 Å². The molecule has 0 aromatic carbocycles.